The van der Waals surface area contributed by atoms with Crippen LogP contribution < -0.4 is 0 Å². The number of halogens is 1. The zero-order chi connectivity index (χ0) is 14.8. The number of fused-ring (bicyclic) bond motifs is 1. The van der Waals surface area contributed by atoms with E-state index < -0.39 is 0 Å². The number of hydrogen-bond donors (Lipinski definition) is 0. The van der Waals surface area contributed by atoms with Crippen molar-refractivity contribution in [3.63, 3.8) is 0 Å². The van der Waals surface area contributed by atoms with Crippen LogP contribution in [0.1, 0.15) is 21.6 Å². The molecule has 0 saturated carbocycles. The topological polar surface area (TPSA) is 30.0 Å². The maximum atomic E-state index is 12.4. The summed E-state index contributed by atoms with van der Waals surface area (Å²) in [6, 6.07) is 17.1. The minimum Gasteiger partial charge on any atom is -0.294 e. The number of carbonyl (C=O) groups excluding carboxylic acids is 1. The third kappa shape index (κ3) is 2.96. The highest BCUT2D eigenvalue weighted by molar-refractivity contribution is 6.30. The Labute approximate surface area is 128 Å². The molecule has 0 fully saturated rings. The van der Waals surface area contributed by atoms with E-state index in [0.29, 0.717) is 17.0 Å². The Balaban J connectivity index is 1.89. The quantitative estimate of drug-likeness (QED) is 0.660. The summed E-state index contributed by atoms with van der Waals surface area (Å²) in [7, 11) is 0. The van der Waals surface area contributed by atoms with E-state index in [1.807, 2.05) is 49.4 Å². The first kappa shape index (κ1) is 13.8. The van der Waals surface area contributed by atoms with E-state index in [0.717, 1.165) is 22.2 Å². The summed E-state index contributed by atoms with van der Waals surface area (Å²) < 4.78 is 0. The lowest BCUT2D eigenvalue weighted by Crippen LogP contribution is -2.07. The summed E-state index contributed by atoms with van der Waals surface area (Å²) in [5.74, 6) is 0.0620. The molecule has 0 aliphatic heterocycles. The SMILES string of the molecule is Cc1cc(Cl)ccc1C(=O)Cc1ccc2ccccc2n1. The van der Waals surface area contributed by atoms with Crippen LogP contribution in [0.2, 0.25) is 5.02 Å². The van der Waals surface area contributed by atoms with E-state index in [-0.39, 0.29) is 5.78 Å². The van der Waals surface area contributed by atoms with Gasteiger partial charge in [-0.3, -0.25) is 9.78 Å². The fraction of sp³-hybridized carbons (Fsp3) is 0.111. The number of Topliss-reactive ketones (excluding diaryl/α,β-unsaturated/α-hetero) is 1. The van der Waals surface area contributed by atoms with Gasteiger partial charge in [0.05, 0.1) is 11.9 Å². The fourth-order valence-corrected chi connectivity index (χ4v) is 2.63. The number of pyridine rings is 1. The maximum absolute atomic E-state index is 12.4. The van der Waals surface area contributed by atoms with Gasteiger partial charge in [-0.1, -0.05) is 35.9 Å². The van der Waals surface area contributed by atoms with Crippen LogP contribution in [0.4, 0.5) is 0 Å². The molecule has 0 bridgehead atoms. The molecule has 0 atom stereocenters. The minimum atomic E-state index is 0.0620. The van der Waals surface area contributed by atoms with Gasteiger partial charge in [0.25, 0.3) is 0 Å². The second-order valence-corrected chi connectivity index (χ2v) is 5.49. The van der Waals surface area contributed by atoms with Crippen molar-refractivity contribution in [2.75, 3.05) is 0 Å². The van der Waals surface area contributed by atoms with Crippen LogP contribution in [0, 0.1) is 6.92 Å². The van der Waals surface area contributed by atoms with Crippen molar-refractivity contribution in [2.45, 2.75) is 13.3 Å². The first-order chi connectivity index (χ1) is 10.1. The van der Waals surface area contributed by atoms with Crippen LogP contribution >= 0.6 is 11.6 Å². The molecule has 0 radical (unpaired) electrons. The fourth-order valence-electron chi connectivity index (χ4n) is 2.41. The smallest absolute Gasteiger partial charge is 0.169 e. The van der Waals surface area contributed by atoms with Crippen LogP contribution in [0.5, 0.6) is 0 Å². The van der Waals surface area contributed by atoms with Crippen molar-refractivity contribution in [3.05, 3.63) is 76.4 Å². The number of nitrogens with zero attached hydrogens (tertiary/aromatic N) is 1. The van der Waals surface area contributed by atoms with Gasteiger partial charge in [0, 0.05) is 21.7 Å². The van der Waals surface area contributed by atoms with E-state index in [4.69, 9.17) is 11.6 Å². The average molecular weight is 296 g/mol. The van der Waals surface area contributed by atoms with Gasteiger partial charge in [0.15, 0.2) is 5.78 Å². The Kier molecular flexibility index (Phi) is 3.72. The maximum Gasteiger partial charge on any atom is 0.169 e. The Morgan fingerprint density at radius 3 is 2.71 bits per heavy atom. The highest BCUT2D eigenvalue weighted by atomic mass is 35.5. The molecule has 3 aromatic rings. The largest absolute Gasteiger partial charge is 0.294 e. The highest BCUT2D eigenvalue weighted by Gasteiger charge is 2.11. The van der Waals surface area contributed by atoms with E-state index >= 15 is 0 Å². The van der Waals surface area contributed by atoms with Gasteiger partial charge in [0.2, 0.25) is 0 Å². The summed E-state index contributed by atoms with van der Waals surface area (Å²) in [5.41, 5.74) is 3.30. The lowest BCUT2D eigenvalue weighted by atomic mass is 10.0. The van der Waals surface area contributed by atoms with Gasteiger partial charge in [-0.05, 0) is 42.8 Å². The monoisotopic (exact) mass is 295 g/mol. The van der Waals surface area contributed by atoms with Crippen molar-refractivity contribution in [3.8, 4) is 0 Å². The Morgan fingerprint density at radius 1 is 1.10 bits per heavy atom. The van der Waals surface area contributed by atoms with E-state index in [1.165, 1.54) is 0 Å². The molecule has 3 heteroatoms. The van der Waals surface area contributed by atoms with Gasteiger partial charge in [-0.25, -0.2) is 0 Å². The first-order valence-electron chi connectivity index (χ1n) is 6.77. The van der Waals surface area contributed by atoms with Crippen LogP contribution in [0.3, 0.4) is 0 Å². The number of carbonyl (C=O) groups is 1. The molecule has 1 heterocycles. The molecule has 0 saturated heterocycles. The molecular weight excluding hydrogens is 282 g/mol. The number of benzene rings is 2. The number of aromatic nitrogens is 1. The van der Waals surface area contributed by atoms with Crippen LogP contribution in [-0.2, 0) is 6.42 Å². The molecule has 0 amide bonds. The molecule has 2 aromatic carbocycles. The Morgan fingerprint density at radius 2 is 1.90 bits per heavy atom. The molecular formula is C18H14ClNO. The lowest BCUT2D eigenvalue weighted by molar-refractivity contribution is 0.0991. The molecule has 0 N–H and O–H groups in total. The lowest BCUT2D eigenvalue weighted by Gasteiger charge is -2.06. The number of hydrogen-bond acceptors (Lipinski definition) is 2. The molecule has 3 rings (SSSR count). The molecule has 0 aliphatic carbocycles. The Bertz CT molecular complexity index is 826. The molecule has 1 aromatic heterocycles. The molecule has 0 spiro atoms. The van der Waals surface area contributed by atoms with Crippen LogP contribution in [-0.4, -0.2) is 10.8 Å². The number of aryl methyl sites for hydroxylation is 1. The number of rotatable bonds is 3. The summed E-state index contributed by atoms with van der Waals surface area (Å²) in [4.78, 5) is 16.9. The van der Waals surface area contributed by atoms with Crippen LogP contribution in [0.15, 0.2) is 54.6 Å². The third-order valence-electron chi connectivity index (χ3n) is 3.49. The normalized spacial score (nSPS) is 10.8. The summed E-state index contributed by atoms with van der Waals surface area (Å²) in [6.07, 6.45) is 0.299. The summed E-state index contributed by atoms with van der Waals surface area (Å²) in [5, 5.41) is 1.73. The van der Waals surface area contributed by atoms with Gasteiger partial charge in [-0.15, -0.1) is 0 Å². The zero-order valence-electron chi connectivity index (χ0n) is 11.6. The second kappa shape index (κ2) is 5.66. The summed E-state index contributed by atoms with van der Waals surface area (Å²) in [6.45, 7) is 1.90. The van der Waals surface area contributed by atoms with Crippen molar-refractivity contribution in [1.29, 1.82) is 0 Å². The van der Waals surface area contributed by atoms with Gasteiger partial charge >= 0.3 is 0 Å². The van der Waals surface area contributed by atoms with E-state index in [1.54, 1.807) is 12.1 Å². The predicted molar refractivity (Wildman–Crippen MR) is 86.0 cm³/mol. The number of para-hydroxylation sites is 1. The van der Waals surface area contributed by atoms with Crippen molar-refractivity contribution < 1.29 is 4.79 Å². The first-order valence-corrected chi connectivity index (χ1v) is 7.15. The molecule has 104 valence electrons. The standard InChI is InChI=1S/C18H14ClNO/c1-12-10-14(19)7-9-16(12)18(21)11-15-8-6-13-4-2-3-5-17(13)20-15/h2-10H,11H2,1H3. The van der Waals surface area contributed by atoms with E-state index in [9.17, 15) is 4.79 Å². The second-order valence-electron chi connectivity index (χ2n) is 5.05. The highest BCUT2D eigenvalue weighted by Crippen LogP contribution is 2.18. The van der Waals surface area contributed by atoms with Crippen molar-refractivity contribution in [2.24, 2.45) is 0 Å². The average Bonchev–Trinajstić information content (AvgIpc) is 2.47. The van der Waals surface area contributed by atoms with E-state index in [2.05, 4.69) is 4.98 Å². The molecule has 21 heavy (non-hydrogen) atoms. The minimum absolute atomic E-state index is 0.0620. The van der Waals surface area contributed by atoms with Gasteiger partial charge in [-0.2, -0.15) is 0 Å². The zero-order valence-corrected chi connectivity index (χ0v) is 12.4. The Hall–Kier alpha value is -2.19. The van der Waals surface area contributed by atoms with Crippen LogP contribution in [0.25, 0.3) is 10.9 Å². The van der Waals surface area contributed by atoms with Gasteiger partial charge in [0.1, 0.15) is 0 Å². The molecule has 0 unspecified atom stereocenters. The predicted octanol–water partition coefficient (Wildman–Crippen LogP) is 4.62. The van der Waals surface area contributed by atoms with Crippen molar-refractivity contribution in [1.82, 2.24) is 4.98 Å². The summed E-state index contributed by atoms with van der Waals surface area (Å²) >= 11 is 5.92. The number of ketones is 1. The molecule has 2 nitrogen and oxygen atoms in total. The van der Waals surface area contributed by atoms with Crippen molar-refractivity contribution >= 4 is 28.3 Å². The third-order valence-corrected chi connectivity index (χ3v) is 3.72. The molecule has 0 aliphatic rings. The van der Waals surface area contributed by atoms with Gasteiger partial charge < -0.3 is 0 Å².